The number of aryl methyl sites for hydroxylation is 1. The number of hydrogen-bond donors (Lipinski definition) is 5. The van der Waals surface area contributed by atoms with Crippen LogP contribution in [-0.4, -0.2) is 41.3 Å². The van der Waals surface area contributed by atoms with Gasteiger partial charge >= 0.3 is 0 Å². The molecule has 9 nitrogen and oxygen atoms in total. The lowest BCUT2D eigenvalue weighted by molar-refractivity contribution is -0.130. The SMILES string of the molecule is Cc1nc(N)ccc1CNC(=O)[C@H](CCC(N)=O)NC(=O)[C@H]1C[C@H](Cc2ccccc2)CN1. The molecule has 3 atom stereocenters. The number of primary amides is 1. The summed E-state index contributed by atoms with van der Waals surface area (Å²) in [4.78, 5) is 41.2. The van der Waals surface area contributed by atoms with E-state index < -0.39 is 11.9 Å². The van der Waals surface area contributed by atoms with E-state index in [4.69, 9.17) is 11.5 Å². The summed E-state index contributed by atoms with van der Waals surface area (Å²) in [5, 5.41) is 8.87. The molecule has 0 saturated carbocycles. The Hall–Kier alpha value is -3.46. The molecule has 0 unspecified atom stereocenters. The summed E-state index contributed by atoms with van der Waals surface area (Å²) in [7, 11) is 0. The summed E-state index contributed by atoms with van der Waals surface area (Å²) in [5.41, 5.74) is 13.7. The van der Waals surface area contributed by atoms with Crippen molar-refractivity contribution in [2.45, 2.75) is 51.2 Å². The van der Waals surface area contributed by atoms with Gasteiger partial charge in [0.1, 0.15) is 11.9 Å². The van der Waals surface area contributed by atoms with Crippen molar-refractivity contribution < 1.29 is 14.4 Å². The third kappa shape index (κ3) is 7.28. The molecule has 0 spiro atoms. The molecule has 7 N–H and O–H groups in total. The largest absolute Gasteiger partial charge is 0.384 e. The summed E-state index contributed by atoms with van der Waals surface area (Å²) in [6.07, 6.45) is 1.70. The predicted octanol–water partition coefficient (Wildman–Crippen LogP) is 0.560. The van der Waals surface area contributed by atoms with Crippen LogP contribution in [0.2, 0.25) is 0 Å². The fraction of sp³-hybridized carbons (Fsp3) is 0.417. The number of anilines is 1. The van der Waals surface area contributed by atoms with E-state index in [1.165, 1.54) is 5.56 Å². The fourth-order valence-corrected chi connectivity index (χ4v) is 4.04. The van der Waals surface area contributed by atoms with Gasteiger partial charge in [0.2, 0.25) is 17.7 Å². The Morgan fingerprint density at radius 3 is 2.64 bits per heavy atom. The molecule has 9 heteroatoms. The van der Waals surface area contributed by atoms with E-state index in [1.807, 2.05) is 25.1 Å². The number of nitrogens with two attached hydrogens (primary N) is 2. The number of nitrogens with zero attached hydrogens (tertiary/aromatic N) is 1. The average Bonchev–Trinajstić information content (AvgIpc) is 3.25. The van der Waals surface area contributed by atoms with E-state index in [2.05, 4.69) is 33.1 Å². The third-order valence-corrected chi connectivity index (χ3v) is 5.89. The highest BCUT2D eigenvalue weighted by Crippen LogP contribution is 2.19. The summed E-state index contributed by atoms with van der Waals surface area (Å²) in [5.74, 6) is -0.409. The Labute approximate surface area is 193 Å². The highest BCUT2D eigenvalue weighted by atomic mass is 16.2. The predicted molar refractivity (Wildman–Crippen MR) is 126 cm³/mol. The van der Waals surface area contributed by atoms with Crippen molar-refractivity contribution in [3.8, 4) is 0 Å². The lowest BCUT2D eigenvalue weighted by Crippen LogP contribution is -2.51. The number of nitrogens with one attached hydrogen (secondary N) is 3. The third-order valence-electron chi connectivity index (χ3n) is 5.89. The molecular formula is C24H32N6O3. The average molecular weight is 453 g/mol. The summed E-state index contributed by atoms with van der Waals surface area (Å²) >= 11 is 0. The minimum atomic E-state index is -0.859. The summed E-state index contributed by atoms with van der Waals surface area (Å²) in [6, 6.07) is 12.4. The van der Waals surface area contributed by atoms with Gasteiger partial charge in [-0.1, -0.05) is 36.4 Å². The molecule has 1 saturated heterocycles. The van der Waals surface area contributed by atoms with E-state index in [0.717, 1.165) is 18.5 Å². The number of benzene rings is 1. The Morgan fingerprint density at radius 1 is 1.18 bits per heavy atom. The van der Waals surface area contributed by atoms with Gasteiger partial charge in [0, 0.05) is 18.7 Å². The summed E-state index contributed by atoms with van der Waals surface area (Å²) < 4.78 is 0. The van der Waals surface area contributed by atoms with Crippen LogP contribution in [0.25, 0.3) is 0 Å². The van der Waals surface area contributed by atoms with Crippen molar-refractivity contribution in [2.75, 3.05) is 12.3 Å². The van der Waals surface area contributed by atoms with Crippen LogP contribution in [0.3, 0.4) is 0 Å². The first kappa shape index (κ1) is 24.2. The zero-order valence-electron chi connectivity index (χ0n) is 18.8. The van der Waals surface area contributed by atoms with Crippen molar-refractivity contribution in [2.24, 2.45) is 11.7 Å². The van der Waals surface area contributed by atoms with Crippen molar-refractivity contribution in [3.05, 3.63) is 59.3 Å². The minimum Gasteiger partial charge on any atom is -0.384 e. The van der Waals surface area contributed by atoms with Crippen LogP contribution < -0.4 is 27.4 Å². The van der Waals surface area contributed by atoms with Gasteiger partial charge in [0.15, 0.2) is 0 Å². The first-order valence-electron chi connectivity index (χ1n) is 11.2. The van der Waals surface area contributed by atoms with Gasteiger partial charge in [-0.05, 0) is 55.8 Å². The van der Waals surface area contributed by atoms with Crippen molar-refractivity contribution >= 4 is 23.5 Å². The maximum atomic E-state index is 12.9. The maximum absolute atomic E-state index is 12.9. The van der Waals surface area contributed by atoms with Crippen LogP contribution in [-0.2, 0) is 27.3 Å². The van der Waals surface area contributed by atoms with E-state index in [1.54, 1.807) is 12.1 Å². The van der Waals surface area contributed by atoms with Crippen LogP contribution >= 0.6 is 0 Å². The number of pyridine rings is 1. The molecule has 0 aliphatic carbocycles. The van der Waals surface area contributed by atoms with E-state index in [0.29, 0.717) is 23.9 Å². The normalized spacial score (nSPS) is 18.5. The number of carbonyl (C=O) groups is 3. The second-order valence-corrected chi connectivity index (χ2v) is 8.52. The van der Waals surface area contributed by atoms with Gasteiger partial charge in [-0.2, -0.15) is 0 Å². The standard InChI is InChI=1S/C24H32N6O3/c1-15-18(7-9-21(25)29-15)14-28-23(32)19(8-10-22(26)31)30-24(33)20-12-17(13-27-20)11-16-5-3-2-4-6-16/h2-7,9,17,19-20,27H,8,10-14H2,1H3,(H2,25,29)(H2,26,31)(H,28,32)(H,30,33)/t17-,19-,20+/m0/s1. The number of rotatable bonds is 10. The second-order valence-electron chi connectivity index (χ2n) is 8.52. The van der Waals surface area contributed by atoms with Crippen LogP contribution in [0.1, 0.15) is 36.1 Å². The van der Waals surface area contributed by atoms with Gasteiger partial charge < -0.3 is 27.4 Å². The maximum Gasteiger partial charge on any atom is 0.242 e. The van der Waals surface area contributed by atoms with Crippen LogP contribution in [0.15, 0.2) is 42.5 Å². The monoisotopic (exact) mass is 452 g/mol. The molecule has 1 aromatic carbocycles. The van der Waals surface area contributed by atoms with Crippen LogP contribution in [0.5, 0.6) is 0 Å². The number of carbonyl (C=O) groups excluding carboxylic acids is 3. The highest BCUT2D eigenvalue weighted by molar-refractivity contribution is 5.90. The Kier molecular flexibility index (Phi) is 8.37. The molecule has 2 heterocycles. The molecule has 1 aliphatic heterocycles. The van der Waals surface area contributed by atoms with E-state index in [9.17, 15) is 14.4 Å². The molecule has 3 amide bonds. The number of amides is 3. The van der Waals surface area contributed by atoms with E-state index >= 15 is 0 Å². The highest BCUT2D eigenvalue weighted by Gasteiger charge is 2.32. The van der Waals surface area contributed by atoms with Crippen molar-refractivity contribution in [1.29, 1.82) is 0 Å². The molecule has 0 bridgehead atoms. The van der Waals surface area contributed by atoms with Gasteiger partial charge in [-0.3, -0.25) is 14.4 Å². The molecule has 0 radical (unpaired) electrons. The number of nitrogen functional groups attached to an aromatic ring is 1. The first-order valence-corrected chi connectivity index (χ1v) is 11.2. The fourth-order valence-electron chi connectivity index (χ4n) is 4.04. The van der Waals surface area contributed by atoms with Gasteiger partial charge in [-0.15, -0.1) is 0 Å². The Bertz CT molecular complexity index is 981. The molecule has 176 valence electrons. The van der Waals surface area contributed by atoms with Gasteiger partial charge in [-0.25, -0.2) is 4.98 Å². The zero-order chi connectivity index (χ0) is 23.8. The quantitative estimate of drug-likeness (QED) is 0.355. The molecule has 1 aromatic heterocycles. The lowest BCUT2D eigenvalue weighted by atomic mass is 9.96. The Morgan fingerprint density at radius 2 is 1.94 bits per heavy atom. The first-order chi connectivity index (χ1) is 15.8. The molecular weight excluding hydrogens is 420 g/mol. The molecule has 1 fully saturated rings. The van der Waals surface area contributed by atoms with Gasteiger partial charge in [0.05, 0.1) is 6.04 Å². The molecule has 33 heavy (non-hydrogen) atoms. The summed E-state index contributed by atoms with van der Waals surface area (Å²) in [6.45, 7) is 2.78. The van der Waals surface area contributed by atoms with Crippen LogP contribution in [0, 0.1) is 12.8 Å². The minimum absolute atomic E-state index is 0.00442. The van der Waals surface area contributed by atoms with Crippen LogP contribution in [0.4, 0.5) is 5.82 Å². The van der Waals surface area contributed by atoms with Crippen molar-refractivity contribution in [3.63, 3.8) is 0 Å². The zero-order valence-corrected chi connectivity index (χ0v) is 18.8. The lowest BCUT2D eigenvalue weighted by Gasteiger charge is -2.20. The number of hydrogen-bond acceptors (Lipinski definition) is 6. The Balaban J connectivity index is 1.56. The van der Waals surface area contributed by atoms with Gasteiger partial charge in [0.25, 0.3) is 0 Å². The number of aromatic nitrogens is 1. The van der Waals surface area contributed by atoms with Crippen molar-refractivity contribution in [1.82, 2.24) is 20.9 Å². The second kappa shape index (κ2) is 11.4. The van der Waals surface area contributed by atoms with E-state index in [-0.39, 0.29) is 37.2 Å². The smallest absolute Gasteiger partial charge is 0.242 e. The topological polar surface area (TPSA) is 152 Å². The molecule has 3 rings (SSSR count). The molecule has 1 aliphatic rings. The molecule has 2 aromatic rings.